The zero-order valence-corrected chi connectivity index (χ0v) is 5.50. The fourth-order valence-corrected chi connectivity index (χ4v) is 0.561. The number of amides is 1. The number of primary amides is 1. The van der Waals surface area contributed by atoms with E-state index in [4.69, 9.17) is 5.73 Å². The molecule has 0 bridgehead atoms. The zero-order chi connectivity index (χ0) is 7.56. The molecule has 1 amide bonds. The standard InChI is InChI=1S/C5H7N3O2/c1-3-7-5(10-8-3)2-4(6)9/h2H2,1H3,(H2,6,9). The van der Waals surface area contributed by atoms with Crippen molar-refractivity contribution in [3.05, 3.63) is 11.7 Å². The average molecular weight is 141 g/mol. The average Bonchev–Trinajstić information content (AvgIpc) is 2.13. The Hall–Kier alpha value is -1.39. The van der Waals surface area contributed by atoms with Crippen LogP contribution in [0, 0.1) is 6.92 Å². The summed E-state index contributed by atoms with van der Waals surface area (Å²) in [5.74, 6) is 0.310. The maximum absolute atomic E-state index is 10.3. The van der Waals surface area contributed by atoms with Gasteiger partial charge in [-0.2, -0.15) is 4.98 Å². The van der Waals surface area contributed by atoms with Gasteiger partial charge in [-0.3, -0.25) is 4.79 Å². The Kier molecular flexibility index (Phi) is 1.66. The van der Waals surface area contributed by atoms with Gasteiger partial charge in [0.25, 0.3) is 0 Å². The van der Waals surface area contributed by atoms with Crippen molar-refractivity contribution < 1.29 is 9.32 Å². The van der Waals surface area contributed by atoms with Crippen molar-refractivity contribution in [2.45, 2.75) is 13.3 Å². The molecule has 5 heteroatoms. The van der Waals surface area contributed by atoms with E-state index >= 15 is 0 Å². The van der Waals surface area contributed by atoms with E-state index in [9.17, 15) is 4.79 Å². The third kappa shape index (κ3) is 1.54. The molecule has 0 aromatic carbocycles. The molecule has 1 rings (SSSR count). The molecule has 0 aliphatic carbocycles. The van der Waals surface area contributed by atoms with E-state index in [-0.39, 0.29) is 12.3 Å². The van der Waals surface area contributed by atoms with Gasteiger partial charge in [0, 0.05) is 0 Å². The Balaban J connectivity index is 2.67. The first-order valence-electron chi connectivity index (χ1n) is 2.76. The minimum absolute atomic E-state index is 0.0147. The summed E-state index contributed by atoms with van der Waals surface area (Å²) in [6.45, 7) is 1.67. The first kappa shape index (κ1) is 6.73. The second-order valence-electron chi connectivity index (χ2n) is 1.88. The number of hydrogen-bond acceptors (Lipinski definition) is 4. The molecule has 54 valence electrons. The van der Waals surface area contributed by atoms with Crippen LogP contribution < -0.4 is 5.73 Å². The highest BCUT2D eigenvalue weighted by atomic mass is 16.5. The third-order valence-corrected chi connectivity index (χ3v) is 0.895. The lowest BCUT2D eigenvalue weighted by atomic mass is 10.4. The maximum atomic E-state index is 10.3. The maximum Gasteiger partial charge on any atom is 0.236 e. The molecule has 1 aromatic heterocycles. The Morgan fingerprint density at radius 1 is 1.80 bits per heavy atom. The van der Waals surface area contributed by atoms with Crippen LogP contribution in [-0.2, 0) is 11.2 Å². The Morgan fingerprint density at radius 3 is 2.90 bits per heavy atom. The Bertz CT molecular complexity index is 243. The van der Waals surface area contributed by atoms with Crippen LogP contribution in [0.25, 0.3) is 0 Å². The highest BCUT2D eigenvalue weighted by Crippen LogP contribution is 1.94. The molecular formula is C5H7N3O2. The fraction of sp³-hybridized carbons (Fsp3) is 0.400. The second kappa shape index (κ2) is 2.47. The summed E-state index contributed by atoms with van der Waals surface area (Å²) in [5.41, 5.74) is 4.87. The van der Waals surface area contributed by atoms with Crippen molar-refractivity contribution >= 4 is 5.91 Å². The smallest absolute Gasteiger partial charge is 0.236 e. The number of aryl methyl sites for hydroxylation is 1. The van der Waals surface area contributed by atoms with Gasteiger partial charge in [-0.15, -0.1) is 0 Å². The van der Waals surface area contributed by atoms with Gasteiger partial charge in [-0.05, 0) is 6.92 Å². The normalized spacial score (nSPS) is 9.70. The van der Waals surface area contributed by atoms with Crippen LogP contribution >= 0.6 is 0 Å². The van der Waals surface area contributed by atoms with Crippen molar-refractivity contribution in [2.75, 3.05) is 0 Å². The monoisotopic (exact) mass is 141 g/mol. The van der Waals surface area contributed by atoms with Crippen LogP contribution in [0.5, 0.6) is 0 Å². The number of nitrogens with zero attached hydrogens (tertiary/aromatic N) is 2. The van der Waals surface area contributed by atoms with Gasteiger partial charge in [0.15, 0.2) is 5.82 Å². The zero-order valence-electron chi connectivity index (χ0n) is 5.50. The highest BCUT2D eigenvalue weighted by Gasteiger charge is 2.04. The van der Waals surface area contributed by atoms with Crippen LogP contribution in [0.1, 0.15) is 11.7 Å². The van der Waals surface area contributed by atoms with E-state index in [1.54, 1.807) is 6.92 Å². The summed E-state index contributed by atoms with van der Waals surface area (Å²) in [5, 5.41) is 3.48. The van der Waals surface area contributed by atoms with Crippen LogP contribution in [0.3, 0.4) is 0 Å². The number of rotatable bonds is 2. The molecule has 0 atom stereocenters. The fourth-order valence-electron chi connectivity index (χ4n) is 0.561. The number of hydrogen-bond donors (Lipinski definition) is 1. The summed E-state index contributed by atoms with van der Waals surface area (Å²) >= 11 is 0. The highest BCUT2D eigenvalue weighted by molar-refractivity contribution is 5.75. The SMILES string of the molecule is Cc1noc(CC(N)=O)n1. The lowest BCUT2D eigenvalue weighted by Gasteiger charge is -1.83. The largest absolute Gasteiger partial charge is 0.369 e. The number of aromatic nitrogens is 2. The number of nitrogens with two attached hydrogens (primary N) is 1. The van der Waals surface area contributed by atoms with Gasteiger partial charge >= 0.3 is 0 Å². The molecule has 1 heterocycles. The molecule has 2 N–H and O–H groups in total. The van der Waals surface area contributed by atoms with Crippen molar-refractivity contribution in [1.29, 1.82) is 0 Å². The van der Waals surface area contributed by atoms with E-state index < -0.39 is 5.91 Å². The van der Waals surface area contributed by atoms with E-state index in [2.05, 4.69) is 14.7 Å². The van der Waals surface area contributed by atoms with Crippen molar-refractivity contribution in [3.63, 3.8) is 0 Å². The molecule has 1 aromatic rings. The third-order valence-electron chi connectivity index (χ3n) is 0.895. The lowest BCUT2D eigenvalue weighted by molar-refractivity contribution is -0.117. The summed E-state index contributed by atoms with van der Waals surface area (Å²) in [6.07, 6.45) is 0.0147. The van der Waals surface area contributed by atoms with Gasteiger partial charge in [-0.1, -0.05) is 5.16 Å². The molecule has 0 aliphatic heterocycles. The molecule has 0 radical (unpaired) electrons. The Labute approximate surface area is 57.2 Å². The number of carbonyl (C=O) groups is 1. The van der Waals surface area contributed by atoms with Crippen LogP contribution in [0.15, 0.2) is 4.52 Å². The topological polar surface area (TPSA) is 82.0 Å². The van der Waals surface area contributed by atoms with E-state index in [0.717, 1.165) is 0 Å². The van der Waals surface area contributed by atoms with E-state index in [0.29, 0.717) is 5.82 Å². The quantitative estimate of drug-likeness (QED) is 0.596. The first-order valence-corrected chi connectivity index (χ1v) is 2.76. The second-order valence-corrected chi connectivity index (χ2v) is 1.88. The molecule has 0 fully saturated rings. The van der Waals surface area contributed by atoms with Gasteiger partial charge in [-0.25, -0.2) is 0 Å². The van der Waals surface area contributed by atoms with Crippen molar-refractivity contribution in [2.24, 2.45) is 5.73 Å². The van der Waals surface area contributed by atoms with Gasteiger partial charge in [0.1, 0.15) is 6.42 Å². The van der Waals surface area contributed by atoms with Gasteiger partial charge in [0.2, 0.25) is 11.8 Å². The molecule has 10 heavy (non-hydrogen) atoms. The van der Waals surface area contributed by atoms with Gasteiger partial charge in [0.05, 0.1) is 0 Å². The van der Waals surface area contributed by atoms with Crippen LogP contribution in [0.2, 0.25) is 0 Å². The predicted octanol–water partition coefficient (Wildman–Crippen LogP) is -0.594. The van der Waals surface area contributed by atoms with Crippen LogP contribution in [0.4, 0.5) is 0 Å². The Morgan fingerprint density at radius 2 is 2.50 bits per heavy atom. The van der Waals surface area contributed by atoms with Crippen molar-refractivity contribution in [1.82, 2.24) is 10.1 Å². The summed E-state index contributed by atoms with van der Waals surface area (Å²) in [4.78, 5) is 14.0. The molecule has 0 saturated carbocycles. The van der Waals surface area contributed by atoms with E-state index in [1.165, 1.54) is 0 Å². The molecule has 0 saturated heterocycles. The van der Waals surface area contributed by atoms with E-state index in [1.807, 2.05) is 0 Å². The molecule has 5 nitrogen and oxygen atoms in total. The molecule has 0 aliphatic rings. The summed E-state index contributed by atoms with van der Waals surface area (Å²) < 4.78 is 4.61. The lowest BCUT2D eigenvalue weighted by Crippen LogP contribution is -2.13. The molecular weight excluding hydrogens is 134 g/mol. The predicted molar refractivity (Wildman–Crippen MR) is 31.9 cm³/mol. The summed E-state index contributed by atoms with van der Waals surface area (Å²) in [7, 11) is 0. The minimum Gasteiger partial charge on any atom is -0.369 e. The molecule has 0 unspecified atom stereocenters. The van der Waals surface area contributed by atoms with Crippen LogP contribution in [-0.4, -0.2) is 16.0 Å². The van der Waals surface area contributed by atoms with Crippen molar-refractivity contribution in [3.8, 4) is 0 Å². The summed E-state index contributed by atoms with van der Waals surface area (Å²) in [6, 6.07) is 0. The number of carbonyl (C=O) groups excluding carboxylic acids is 1. The first-order chi connectivity index (χ1) is 4.68. The minimum atomic E-state index is -0.469. The van der Waals surface area contributed by atoms with Gasteiger partial charge < -0.3 is 10.3 Å². The molecule has 0 spiro atoms.